The van der Waals surface area contributed by atoms with Crippen LogP contribution >= 0.6 is 0 Å². The largest absolute Gasteiger partial charge is 0.494 e. The van der Waals surface area contributed by atoms with Crippen molar-refractivity contribution >= 4 is 17.8 Å². The number of likely N-dealkylation sites (tertiary alicyclic amines) is 1. The zero-order valence-electron chi connectivity index (χ0n) is 24.1. The van der Waals surface area contributed by atoms with Crippen LogP contribution in [0.25, 0.3) is 0 Å². The summed E-state index contributed by atoms with van der Waals surface area (Å²) in [5.41, 5.74) is 2.82. The van der Waals surface area contributed by atoms with E-state index >= 15 is 0 Å². The van der Waals surface area contributed by atoms with Crippen LogP contribution in [0.2, 0.25) is 0 Å². The first-order chi connectivity index (χ1) is 19.9. The molecule has 41 heavy (non-hydrogen) atoms. The minimum absolute atomic E-state index is 0.118. The Kier molecular flexibility index (Phi) is 11.5. The number of rotatable bonds is 13. The van der Waals surface area contributed by atoms with Crippen molar-refractivity contribution in [3.8, 4) is 5.75 Å². The first-order valence-corrected chi connectivity index (χ1v) is 15.1. The first-order valence-electron chi connectivity index (χ1n) is 15.1. The van der Waals surface area contributed by atoms with E-state index in [1.54, 1.807) is 12.4 Å². The fourth-order valence-corrected chi connectivity index (χ4v) is 5.83. The molecule has 0 bridgehead atoms. The van der Waals surface area contributed by atoms with Crippen LogP contribution in [-0.2, 0) is 27.2 Å². The van der Waals surface area contributed by atoms with Crippen LogP contribution in [0.4, 0.5) is 0 Å². The second kappa shape index (κ2) is 15.5. The number of carbonyl (C=O) groups is 3. The molecule has 2 amide bonds. The highest BCUT2D eigenvalue weighted by atomic mass is 16.5. The number of benzene rings is 1. The second-order valence-electron chi connectivity index (χ2n) is 11.3. The average molecular weight is 565 g/mol. The quantitative estimate of drug-likeness (QED) is 0.337. The molecule has 0 unspecified atom stereocenters. The second-order valence-corrected chi connectivity index (χ2v) is 11.3. The topological polar surface area (TPSA) is 121 Å². The van der Waals surface area contributed by atoms with Crippen LogP contribution in [0, 0.1) is 11.8 Å². The van der Waals surface area contributed by atoms with E-state index in [2.05, 4.69) is 15.6 Å². The lowest BCUT2D eigenvalue weighted by molar-refractivity contribution is -0.138. The van der Waals surface area contributed by atoms with E-state index < -0.39 is 12.0 Å². The molecule has 3 heterocycles. The van der Waals surface area contributed by atoms with Crippen molar-refractivity contribution in [2.75, 3.05) is 32.8 Å². The molecule has 1 aromatic carbocycles. The number of pyridine rings is 1. The molecule has 0 radical (unpaired) electrons. The van der Waals surface area contributed by atoms with Gasteiger partial charge in [-0.1, -0.05) is 18.2 Å². The van der Waals surface area contributed by atoms with Crippen molar-refractivity contribution < 1.29 is 24.2 Å². The zero-order chi connectivity index (χ0) is 29.0. The van der Waals surface area contributed by atoms with Gasteiger partial charge in [0.15, 0.2) is 0 Å². The van der Waals surface area contributed by atoms with Gasteiger partial charge in [-0.05, 0) is 99.7 Å². The molecule has 0 saturated carbocycles. The standard InChI is InChI=1S/C32H44N4O5/c1-2-41-28-10-7-23(8-11-28)5-6-25-18-27(21-34-20-25)29(19-31(38)39)35-32(40)26-4-3-17-36(22-26)30(37)12-9-24-13-15-33-16-14-24/h7-8,10-11,18,20-21,24,26,29,33H,2-6,9,12-17,19,22H2,1H3,(H,35,40)(H,38,39)/t26-,29+/m1/s1. The van der Waals surface area contributed by atoms with Gasteiger partial charge in [0.2, 0.25) is 11.8 Å². The number of nitrogens with one attached hydrogen (secondary N) is 2. The molecule has 2 aromatic rings. The van der Waals surface area contributed by atoms with E-state index in [0.29, 0.717) is 44.0 Å². The lowest BCUT2D eigenvalue weighted by Gasteiger charge is -2.33. The van der Waals surface area contributed by atoms with Gasteiger partial charge in [0, 0.05) is 31.9 Å². The summed E-state index contributed by atoms with van der Waals surface area (Å²) in [6.45, 7) is 5.68. The number of carboxylic acids is 1. The number of hydrogen-bond donors (Lipinski definition) is 3. The number of aryl methyl sites for hydroxylation is 2. The highest BCUT2D eigenvalue weighted by molar-refractivity contribution is 5.82. The molecule has 3 N–H and O–H groups in total. The van der Waals surface area contributed by atoms with Crippen LogP contribution in [0.15, 0.2) is 42.7 Å². The van der Waals surface area contributed by atoms with Crippen LogP contribution in [0.5, 0.6) is 5.75 Å². The molecule has 2 atom stereocenters. The SMILES string of the molecule is CCOc1ccc(CCc2cncc([C@H](CC(=O)O)NC(=O)[C@@H]3CCCN(C(=O)CCC4CCNCC4)C3)c2)cc1. The predicted octanol–water partition coefficient (Wildman–Crippen LogP) is 3.92. The van der Waals surface area contributed by atoms with E-state index in [1.165, 1.54) is 5.56 Å². The maximum atomic E-state index is 13.3. The number of amides is 2. The summed E-state index contributed by atoms with van der Waals surface area (Å²) in [6.07, 6.45) is 9.82. The van der Waals surface area contributed by atoms with Gasteiger partial charge < -0.3 is 25.4 Å². The molecule has 9 heteroatoms. The van der Waals surface area contributed by atoms with Gasteiger partial charge >= 0.3 is 5.97 Å². The van der Waals surface area contributed by atoms with E-state index in [1.807, 2.05) is 42.2 Å². The number of aromatic nitrogens is 1. The summed E-state index contributed by atoms with van der Waals surface area (Å²) in [6, 6.07) is 9.25. The number of carbonyl (C=O) groups excluding carboxylic acids is 2. The Balaban J connectivity index is 1.33. The monoisotopic (exact) mass is 564 g/mol. The van der Waals surface area contributed by atoms with Crippen molar-refractivity contribution in [1.82, 2.24) is 20.5 Å². The fraction of sp³-hybridized carbons (Fsp3) is 0.562. The van der Waals surface area contributed by atoms with E-state index in [-0.39, 0.29) is 24.2 Å². The lowest BCUT2D eigenvalue weighted by atomic mass is 9.92. The minimum atomic E-state index is -0.992. The molecule has 9 nitrogen and oxygen atoms in total. The molecule has 222 valence electrons. The van der Waals surface area contributed by atoms with Crippen molar-refractivity contribution in [3.63, 3.8) is 0 Å². The normalized spacial score (nSPS) is 18.5. The van der Waals surface area contributed by atoms with E-state index in [9.17, 15) is 19.5 Å². The predicted molar refractivity (Wildman–Crippen MR) is 157 cm³/mol. The summed E-state index contributed by atoms with van der Waals surface area (Å²) in [7, 11) is 0. The number of carboxylic acid groups (broad SMARTS) is 1. The zero-order valence-corrected chi connectivity index (χ0v) is 24.1. The molecule has 0 aliphatic carbocycles. The van der Waals surface area contributed by atoms with Gasteiger partial charge in [0.1, 0.15) is 5.75 Å². The molecule has 4 rings (SSSR count). The lowest BCUT2D eigenvalue weighted by Crippen LogP contribution is -2.46. The van der Waals surface area contributed by atoms with Gasteiger partial charge in [-0.25, -0.2) is 0 Å². The summed E-state index contributed by atoms with van der Waals surface area (Å²) in [4.78, 5) is 44.2. The third-order valence-corrected chi connectivity index (χ3v) is 8.22. The van der Waals surface area contributed by atoms with Gasteiger partial charge in [0.05, 0.1) is 25.0 Å². The summed E-state index contributed by atoms with van der Waals surface area (Å²) in [5, 5.41) is 15.9. The number of aliphatic carboxylic acids is 1. The number of piperidine rings is 2. The molecular formula is C32H44N4O5. The Hall–Kier alpha value is -3.46. The highest BCUT2D eigenvalue weighted by Crippen LogP contribution is 2.24. The minimum Gasteiger partial charge on any atom is -0.494 e. The summed E-state index contributed by atoms with van der Waals surface area (Å²) >= 11 is 0. The Labute approximate surface area is 243 Å². The van der Waals surface area contributed by atoms with Crippen molar-refractivity contribution in [2.45, 2.75) is 70.8 Å². The van der Waals surface area contributed by atoms with E-state index in [4.69, 9.17) is 4.74 Å². The Morgan fingerprint density at radius 2 is 1.85 bits per heavy atom. The van der Waals surface area contributed by atoms with E-state index in [0.717, 1.165) is 62.9 Å². The smallest absolute Gasteiger partial charge is 0.305 e. The van der Waals surface area contributed by atoms with Gasteiger partial charge in [0.25, 0.3) is 0 Å². The Bertz CT molecular complexity index is 1150. The van der Waals surface area contributed by atoms with Gasteiger partial charge in [-0.15, -0.1) is 0 Å². The third-order valence-electron chi connectivity index (χ3n) is 8.22. The molecule has 1 aromatic heterocycles. The van der Waals surface area contributed by atoms with Crippen LogP contribution in [-0.4, -0.2) is 65.6 Å². The maximum Gasteiger partial charge on any atom is 0.305 e. The molecule has 2 fully saturated rings. The Morgan fingerprint density at radius 1 is 1.10 bits per heavy atom. The summed E-state index contributed by atoms with van der Waals surface area (Å²) < 4.78 is 5.51. The van der Waals surface area contributed by atoms with Crippen molar-refractivity contribution in [3.05, 3.63) is 59.4 Å². The number of ether oxygens (including phenoxy) is 1. The molecule has 0 spiro atoms. The maximum absolute atomic E-state index is 13.3. The molecule has 2 saturated heterocycles. The highest BCUT2D eigenvalue weighted by Gasteiger charge is 2.30. The van der Waals surface area contributed by atoms with Gasteiger partial charge in [-0.3, -0.25) is 19.4 Å². The number of nitrogens with zero attached hydrogens (tertiary/aromatic N) is 2. The third kappa shape index (κ3) is 9.56. The fourth-order valence-electron chi connectivity index (χ4n) is 5.83. The number of hydrogen-bond acceptors (Lipinski definition) is 6. The molecule has 2 aliphatic heterocycles. The first kappa shape index (κ1) is 30.5. The molecule has 2 aliphatic rings. The van der Waals surface area contributed by atoms with Crippen LogP contribution in [0.3, 0.4) is 0 Å². The molecular weight excluding hydrogens is 520 g/mol. The van der Waals surface area contributed by atoms with Crippen molar-refractivity contribution in [1.29, 1.82) is 0 Å². The van der Waals surface area contributed by atoms with Crippen LogP contribution in [0.1, 0.15) is 74.6 Å². The van der Waals surface area contributed by atoms with Crippen molar-refractivity contribution in [2.24, 2.45) is 11.8 Å². The summed E-state index contributed by atoms with van der Waals surface area (Å²) in [5.74, 6) is 0.00703. The van der Waals surface area contributed by atoms with Crippen LogP contribution < -0.4 is 15.4 Å². The average Bonchev–Trinajstić information content (AvgIpc) is 3.00. The van der Waals surface area contributed by atoms with Gasteiger partial charge in [-0.2, -0.15) is 0 Å². The Morgan fingerprint density at radius 3 is 2.59 bits per heavy atom.